The fourth-order valence-electron chi connectivity index (χ4n) is 2.02. The van der Waals surface area contributed by atoms with Crippen molar-refractivity contribution in [1.29, 1.82) is 0 Å². The van der Waals surface area contributed by atoms with Crippen molar-refractivity contribution < 1.29 is 14.6 Å². The summed E-state index contributed by atoms with van der Waals surface area (Å²) in [7, 11) is 2.01. The van der Waals surface area contributed by atoms with Crippen molar-refractivity contribution in [2.75, 3.05) is 20.2 Å². The summed E-state index contributed by atoms with van der Waals surface area (Å²) in [5.74, 6) is 0.165. The fraction of sp³-hybridized carbons (Fsp3) is 0.533. The number of carbonyl (C=O) groups is 1. The number of benzene rings is 1. The summed E-state index contributed by atoms with van der Waals surface area (Å²) < 4.78 is 5.63. The van der Waals surface area contributed by atoms with Crippen molar-refractivity contribution in [2.24, 2.45) is 0 Å². The predicted octanol–water partition coefficient (Wildman–Crippen LogP) is 2.94. The molecule has 0 saturated heterocycles. The van der Waals surface area contributed by atoms with Gasteiger partial charge in [0.05, 0.1) is 6.61 Å². The van der Waals surface area contributed by atoms with Gasteiger partial charge in [0.25, 0.3) is 0 Å². The topological polar surface area (TPSA) is 49.8 Å². The van der Waals surface area contributed by atoms with Crippen LogP contribution in [0.5, 0.6) is 5.75 Å². The minimum Gasteiger partial charge on any atom is -0.494 e. The molecule has 0 fully saturated rings. The van der Waals surface area contributed by atoms with Gasteiger partial charge in [-0.05, 0) is 39.9 Å². The number of carboxylic acid groups (broad SMARTS) is 1. The van der Waals surface area contributed by atoms with E-state index in [1.54, 1.807) is 0 Å². The Morgan fingerprint density at radius 3 is 2.74 bits per heavy atom. The first kappa shape index (κ1) is 15.5. The number of para-hydroxylation sites is 1. The first-order valence-electron chi connectivity index (χ1n) is 6.70. The van der Waals surface area contributed by atoms with Gasteiger partial charge in [0.15, 0.2) is 0 Å². The molecule has 1 atom stereocenters. The van der Waals surface area contributed by atoms with Crippen LogP contribution in [-0.4, -0.2) is 36.2 Å². The second kappa shape index (κ2) is 7.79. The molecule has 1 aromatic rings. The molecule has 0 radical (unpaired) electrons. The molecule has 0 aliphatic heterocycles. The SMILES string of the molecule is CCOc1ccccc1C(C)N(C)CCCC(=O)O. The molecule has 0 saturated carbocycles. The molecule has 0 spiro atoms. The zero-order valence-corrected chi connectivity index (χ0v) is 11.9. The van der Waals surface area contributed by atoms with Gasteiger partial charge in [0.1, 0.15) is 5.75 Å². The van der Waals surface area contributed by atoms with Gasteiger partial charge in [-0.15, -0.1) is 0 Å². The maximum absolute atomic E-state index is 10.5. The molecule has 1 aromatic carbocycles. The van der Waals surface area contributed by atoms with E-state index >= 15 is 0 Å². The van der Waals surface area contributed by atoms with E-state index < -0.39 is 5.97 Å². The maximum Gasteiger partial charge on any atom is 0.303 e. The van der Waals surface area contributed by atoms with Crippen molar-refractivity contribution in [3.63, 3.8) is 0 Å². The van der Waals surface area contributed by atoms with Crippen molar-refractivity contribution >= 4 is 5.97 Å². The van der Waals surface area contributed by atoms with Gasteiger partial charge >= 0.3 is 5.97 Å². The van der Waals surface area contributed by atoms with Gasteiger partial charge in [-0.1, -0.05) is 18.2 Å². The summed E-state index contributed by atoms with van der Waals surface area (Å²) in [6.45, 7) is 5.48. The lowest BCUT2D eigenvalue weighted by atomic mass is 10.1. The zero-order chi connectivity index (χ0) is 14.3. The molecule has 0 heterocycles. The van der Waals surface area contributed by atoms with Crippen molar-refractivity contribution in [2.45, 2.75) is 32.7 Å². The average Bonchev–Trinajstić information content (AvgIpc) is 2.38. The highest BCUT2D eigenvalue weighted by Gasteiger charge is 2.15. The number of hydrogen-bond acceptors (Lipinski definition) is 3. The van der Waals surface area contributed by atoms with Gasteiger partial charge in [-0.25, -0.2) is 0 Å². The summed E-state index contributed by atoms with van der Waals surface area (Å²) in [6, 6.07) is 8.20. The Kier molecular flexibility index (Phi) is 6.36. The first-order chi connectivity index (χ1) is 9.06. The standard InChI is InChI=1S/C15H23NO3/c1-4-19-14-9-6-5-8-13(14)12(2)16(3)11-7-10-15(17)18/h5-6,8-9,12H,4,7,10-11H2,1-3H3,(H,17,18). The Balaban J connectivity index is 2.65. The lowest BCUT2D eigenvalue weighted by Gasteiger charge is -2.26. The van der Waals surface area contributed by atoms with E-state index in [0.717, 1.165) is 17.9 Å². The minimum atomic E-state index is -0.740. The van der Waals surface area contributed by atoms with Crippen LogP contribution in [0.3, 0.4) is 0 Å². The molecular formula is C15H23NO3. The summed E-state index contributed by atoms with van der Waals surface area (Å²) in [5, 5.41) is 8.66. The van der Waals surface area contributed by atoms with E-state index in [2.05, 4.69) is 17.9 Å². The van der Waals surface area contributed by atoms with Crippen LogP contribution in [0, 0.1) is 0 Å². The van der Waals surface area contributed by atoms with Crippen LogP contribution >= 0.6 is 0 Å². The molecule has 0 bridgehead atoms. The van der Waals surface area contributed by atoms with Crippen molar-refractivity contribution in [1.82, 2.24) is 4.90 Å². The van der Waals surface area contributed by atoms with Crippen LogP contribution in [-0.2, 0) is 4.79 Å². The molecule has 0 amide bonds. The number of nitrogens with zero attached hydrogens (tertiary/aromatic N) is 1. The molecule has 0 aliphatic carbocycles. The second-order valence-electron chi connectivity index (χ2n) is 4.62. The Morgan fingerprint density at radius 2 is 2.11 bits per heavy atom. The molecule has 0 aromatic heterocycles. The Hall–Kier alpha value is -1.55. The van der Waals surface area contributed by atoms with Gasteiger partial charge in [0.2, 0.25) is 0 Å². The Labute approximate surface area is 115 Å². The van der Waals surface area contributed by atoms with Crippen LogP contribution in [0.25, 0.3) is 0 Å². The predicted molar refractivity (Wildman–Crippen MR) is 75.5 cm³/mol. The smallest absolute Gasteiger partial charge is 0.303 e. The van der Waals surface area contributed by atoms with Crippen molar-refractivity contribution in [3.05, 3.63) is 29.8 Å². The highest BCUT2D eigenvalue weighted by molar-refractivity contribution is 5.66. The molecule has 4 heteroatoms. The molecule has 106 valence electrons. The summed E-state index contributed by atoms with van der Waals surface area (Å²) in [5.41, 5.74) is 1.14. The Bertz CT molecular complexity index is 406. The number of ether oxygens (including phenoxy) is 1. The molecule has 4 nitrogen and oxygen atoms in total. The minimum absolute atomic E-state index is 0.205. The number of aliphatic carboxylic acids is 1. The average molecular weight is 265 g/mol. The van der Waals surface area contributed by atoms with E-state index in [1.807, 2.05) is 32.2 Å². The molecular weight excluding hydrogens is 242 g/mol. The lowest BCUT2D eigenvalue weighted by molar-refractivity contribution is -0.137. The normalized spacial score (nSPS) is 12.4. The third-order valence-electron chi connectivity index (χ3n) is 3.23. The first-order valence-corrected chi connectivity index (χ1v) is 6.70. The molecule has 1 unspecified atom stereocenters. The highest BCUT2D eigenvalue weighted by atomic mass is 16.5. The van der Waals surface area contributed by atoms with Gasteiger partial charge < -0.3 is 9.84 Å². The van der Waals surface area contributed by atoms with E-state index in [0.29, 0.717) is 13.0 Å². The third kappa shape index (κ3) is 4.91. The van der Waals surface area contributed by atoms with Crippen LogP contribution in [0.2, 0.25) is 0 Å². The zero-order valence-electron chi connectivity index (χ0n) is 11.9. The maximum atomic E-state index is 10.5. The van der Waals surface area contributed by atoms with Gasteiger partial charge in [-0.2, -0.15) is 0 Å². The number of rotatable bonds is 8. The van der Waals surface area contributed by atoms with Gasteiger partial charge in [0, 0.05) is 18.0 Å². The quantitative estimate of drug-likeness (QED) is 0.785. The largest absolute Gasteiger partial charge is 0.494 e. The van der Waals surface area contributed by atoms with Gasteiger partial charge in [-0.3, -0.25) is 9.69 Å². The molecule has 0 aliphatic rings. The van der Waals surface area contributed by atoms with Crippen LogP contribution in [0.15, 0.2) is 24.3 Å². The van der Waals surface area contributed by atoms with Crippen LogP contribution in [0.4, 0.5) is 0 Å². The highest BCUT2D eigenvalue weighted by Crippen LogP contribution is 2.28. The summed E-state index contributed by atoms with van der Waals surface area (Å²) in [4.78, 5) is 12.7. The molecule has 1 N–H and O–H groups in total. The summed E-state index contributed by atoms with van der Waals surface area (Å²) >= 11 is 0. The van der Waals surface area contributed by atoms with Crippen molar-refractivity contribution in [3.8, 4) is 5.75 Å². The molecule has 19 heavy (non-hydrogen) atoms. The molecule has 1 rings (SSSR count). The van der Waals surface area contributed by atoms with E-state index in [9.17, 15) is 4.79 Å². The lowest BCUT2D eigenvalue weighted by Crippen LogP contribution is -2.24. The summed E-state index contributed by atoms with van der Waals surface area (Å²) in [6.07, 6.45) is 0.872. The van der Waals surface area contributed by atoms with E-state index in [-0.39, 0.29) is 12.5 Å². The monoisotopic (exact) mass is 265 g/mol. The van der Waals surface area contributed by atoms with E-state index in [1.165, 1.54) is 0 Å². The Morgan fingerprint density at radius 1 is 1.42 bits per heavy atom. The fourth-order valence-corrected chi connectivity index (χ4v) is 2.02. The van der Waals surface area contributed by atoms with E-state index in [4.69, 9.17) is 9.84 Å². The number of hydrogen-bond donors (Lipinski definition) is 1. The number of carboxylic acids is 1. The van der Waals surface area contributed by atoms with Crippen LogP contribution < -0.4 is 4.74 Å². The third-order valence-corrected chi connectivity index (χ3v) is 3.23. The van der Waals surface area contributed by atoms with Crippen LogP contribution in [0.1, 0.15) is 38.3 Å². The second-order valence-corrected chi connectivity index (χ2v) is 4.62.